The zero-order chi connectivity index (χ0) is 17.1. The number of pyridine rings is 1. The maximum Gasteiger partial charge on any atom is 0.252 e. The highest BCUT2D eigenvalue weighted by Gasteiger charge is 2.25. The van der Waals surface area contributed by atoms with E-state index in [0.717, 1.165) is 19.4 Å². The molecule has 2 heterocycles. The van der Waals surface area contributed by atoms with Crippen molar-refractivity contribution in [1.29, 1.82) is 0 Å². The van der Waals surface area contributed by atoms with Gasteiger partial charge in [0.1, 0.15) is 5.75 Å². The van der Waals surface area contributed by atoms with E-state index in [1.807, 2.05) is 17.9 Å². The number of methoxy groups -OCH3 is 1. The minimum absolute atomic E-state index is 0.0109. The summed E-state index contributed by atoms with van der Waals surface area (Å²) in [5.74, 6) is 0.340. The molecule has 1 aromatic heterocycles. The van der Waals surface area contributed by atoms with Crippen molar-refractivity contribution in [3.05, 3.63) is 36.0 Å². The number of carbonyl (C=O) groups is 2. The molecule has 6 heteroatoms. The van der Waals surface area contributed by atoms with Crippen molar-refractivity contribution in [2.75, 3.05) is 20.2 Å². The highest BCUT2D eigenvalue weighted by Crippen LogP contribution is 2.22. The number of rotatable bonds is 4. The van der Waals surface area contributed by atoms with E-state index in [-0.39, 0.29) is 24.4 Å². The Labute approximate surface area is 140 Å². The summed E-state index contributed by atoms with van der Waals surface area (Å²) in [4.78, 5) is 30.8. The summed E-state index contributed by atoms with van der Waals surface area (Å²) in [6.07, 6.45) is 3.64. The van der Waals surface area contributed by atoms with Gasteiger partial charge in [-0.2, -0.15) is 0 Å². The van der Waals surface area contributed by atoms with E-state index in [2.05, 4.69) is 10.3 Å². The number of aromatic nitrogens is 1. The van der Waals surface area contributed by atoms with Gasteiger partial charge in [0.2, 0.25) is 5.91 Å². The first kappa shape index (κ1) is 16.2. The Kier molecular flexibility index (Phi) is 4.64. The minimum Gasteiger partial charge on any atom is -0.497 e. The third-order valence-corrected chi connectivity index (χ3v) is 4.47. The summed E-state index contributed by atoms with van der Waals surface area (Å²) in [6.45, 7) is 2.82. The Balaban J connectivity index is 1.75. The fraction of sp³-hybridized carbons (Fsp3) is 0.389. The van der Waals surface area contributed by atoms with Crippen LogP contribution in [0.15, 0.2) is 30.5 Å². The zero-order valence-corrected chi connectivity index (χ0v) is 13.9. The molecular weight excluding hydrogens is 306 g/mol. The number of carbonyl (C=O) groups excluding carboxylic acids is 2. The van der Waals surface area contributed by atoms with E-state index >= 15 is 0 Å². The van der Waals surface area contributed by atoms with Crippen molar-refractivity contribution in [3.63, 3.8) is 0 Å². The molecule has 126 valence electrons. The van der Waals surface area contributed by atoms with Crippen LogP contribution in [0, 0.1) is 0 Å². The summed E-state index contributed by atoms with van der Waals surface area (Å²) < 4.78 is 5.21. The third-order valence-electron chi connectivity index (χ3n) is 4.47. The summed E-state index contributed by atoms with van der Waals surface area (Å²) in [5.41, 5.74) is 1.20. The van der Waals surface area contributed by atoms with Crippen LogP contribution < -0.4 is 10.1 Å². The predicted octanol–water partition coefficient (Wildman–Crippen LogP) is 1.98. The van der Waals surface area contributed by atoms with Crippen molar-refractivity contribution in [1.82, 2.24) is 15.2 Å². The van der Waals surface area contributed by atoms with Crippen LogP contribution >= 0.6 is 0 Å². The van der Waals surface area contributed by atoms with Gasteiger partial charge in [-0.1, -0.05) is 0 Å². The molecule has 1 aliphatic heterocycles. The molecule has 1 aromatic carbocycles. The number of nitrogens with zero attached hydrogens (tertiary/aromatic N) is 2. The Morgan fingerprint density at radius 1 is 1.38 bits per heavy atom. The molecule has 0 spiro atoms. The maximum absolute atomic E-state index is 12.5. The number of hydrogen-bond acceptors (Lipinski definition) is 4. The van der Waals surface area contributed by atoms with E-state index in [1.54, 1.807) is 31.5 Å². The molecule has 24 heavy (non-hydrogen) atoms. The van der Waals surface area contributed by atoms with Crippen LogP contribution in [-0.4, -0.2) is 47.9 Å². The van der Waals surface area contributed by atoms with Crippen LogP contribution in [0.4, 0.5) is 0 Å². The Hall–Kier alpha value is -2.63. The van der Waals surface area contributed by atoms with Gasteiger partial charge in [-0.05, 0) is 44.0 Å². The Morgan fingerprint density at radius 3 is 2.92 bits per heavy atom. The first-order valence-corrected chi connectivity index (χ1v) is 8.10. The minimum atomic E-state index is -0.282. The monoisotopic (exact) mass is 327 g/mol. The second-order valence-electron chi connectivity index (χ2n) is 6.00. The predicted molar refractivity (Wildman–Crippen MR) is 91.0 cm³/mol. The largest absolute Gasteiger partial charge is 0.497 e. The van der Waals surface area contributed by atoms with E-state index < -0.39 is 0 Å². The topological polar surface area (TPSA) is 71.5 Å². The zero-order valence-electron chi connectivity index (χ0n) is 13.9. The number of amides is 2. The van der Waals surface area contributed by atoms with Crippen LogP contribution in [0.2, 0.25) is 0 Å². The number of hydrogen-bond donors (Lipinski definition) is 1. The van der Waals surface area contributed by atoms with E-state index in [1.165, 1.54) is 0 Å². The average Bonchev–Trinajstić information content (AvgIpc) is 3.04. The normalized spacial score (nSPS) is 17.1. The summed E-state index contributed by atoms with van der Waals surface area (Å²) >= 11 is 0. The van der Waals surface area contributed by atoms with Gasteiger partial charge < -0.3 is 15.0 Å². The molecular formula is C18H21N3O3. The molecule has 1 fully saturated rings. The van der Waals surface area contributed by atoms with E-state index in [0.29, 0.717) is 22.2 Å². The van der Waals surface area contributed by atoms with Crippen molar-refractivity contribution >= 4 is 22.7 Å². The first-order chi connectivity index (χ1) is 11.6. The van der Waals surface area contributed by atoms with Gasteiger partial charge in [0, 0.05) is 24.2 Å². The molecule has 1 unspecified atom stereocenters. The van der Waals surface area contributed by atoms with Crippen LogP contribution in [0.25, 0.3) is 10.9 Å². The van der Waals surface area contributed by atoms with Gasteiger partial charge in [-0.25, -0.2) is 0 Å². The lowest BCUT2D eigenvalue weighted by Crippen LogP contribution is -2.41. The van der Waals surface area contributed by atoms with E-state index in [9.17, 15) is 9.59 Å². The quantitative estimate of drug-likeness (QED) is 0.932. The summed E-state index contributed by atoms with van der Waals surface area (Å²) in [5, 5.41) is 3.43. The lowest BCUT2D eigenvalue weighted by atomic mass is 10.1. The van der Waals surface area contributed by atoms with Crippen molar-refractivity contribution < 1.29 is 14.3 Å². The lowest BCUT2D eigenvalue weighted by molar-refractivity contribution is -0.130. The molecule has 0 bridgehead atoms. The number of benzene rings is 1. The van der Waals surface area contributed by atoms with Gasteiger partial charge in [0.25, 0.3) is 5.91 Å². The third kappa shape index (κ3) is 3.18. The van der Waals surface area contributed by atoms with Crippen molar-refractivity contribution in [3.8, 4) is 5.75 Å². The molecule has 1 saturated heterocycles. The Bertz CT molecular complexity index is 775. The molecule has 1 aliphatic rings. The molecule has 0 radical (unpaired) electrons. The maximum atomic E-state index is 12.5. The standard InChI is InChI=1S/C18H21N3O3/c1-12-4-3-9-21(12)17(22)11-20-18(23)14-7-8-19-16-6-5-13(24-2)10-15(14)16/h5-8,10,12H,3-4,9,11H2,1-2H3,(H,20,23). The van der Waals surface area contributed by atoms with Crippen molar-refractivity contribution in [2.45, 2.75) is 25.8 Å². The van der Waals surface area contributed by atoms with Gasteiger partial charge in [0.15, 0.2) is 0 Å². The number of nitrogens with one attached hydrogen (secondary N) is 1. The number of likely N-dealkylation sites (tertiary alicyclic amines) is 1. The number of ether oxygens (including phenoxy) is 1. The van der Waals surface area contributed by atoms with Crippen LogP contribution in [0.1, 0.15) is 30.1 Å². The number of fused-ring (bicyclic) bond motifs is 1. The van der Waals surface area contributed by atoms with Crippen molar-refractivity contribution in [2.24, 2.45) is 0 Å². The smallest absolute Gasteiger partial charge is 0.252 e. The molecule has 1 atom stereocenters. The van der Waals surface area contributed by atoms with E-state index in [4.69, 9.17) is 4.74 Å². The van der Waals surface area contributed by atoms with Crippen LogP contribution in [0.3, 0.4) is 0 Å². The summed E-state index contributed by atoms with van der Waals surface area (Å²) in [7, 11) is 1.58. The SMILES string of the molecule is COc1ccc2nccc(C(=O)NCC(=O)N3CCCC3C)c2c1. The lowest BCUT2D eigenvalue weighted by Gasteiger charge is -2.21. The molecule has 1 N–H and O–H groups in total. The average molecular weight is 327 g/mol. The molecule has 0 saturated carbocycles. The highest BCUT2D eigenvalue weighted by atomic mass is 16.5. The Morgan fingerprint density at radius 2 is 2.21 bits per heavy atom. The van der Waals surface area contributed by atoms with Crippen LogP contribution in [-0.2, 0) is 4.79 Å². The van der Waals surface area contributed by atoms with Gasteiger partial charge in [-0.15, -0.1) is 0 Å². The molecule has 6 nitrogen and oxygen atoms in total. The molecule has 2 amide bonds. The highest BCUT2D eigenvalue weighted by molar-refractivity contribution is 6.07. The second-order valence-corrected chi connectivity index (χ2v) is 6.00. The van der Waals surface area contributed by atoms with Gasteiger partial charge in [0.05, 0.1) is 24.7 Å². The fourth-order valence-electron chi connectivity index (χ4n) is 3.11. The fourth-order valence-corrected chi connectivity index (χ4v) is 3.11. The molecule has 3 rings (SSSR count). The molecule has 0 aliphatic carbocycles. The van der Waals surface area contributed by atoms with Gasteiger partial charge in [-0.3, -0.25) is 14.6 Å². The summed E-state index contributed by atoms with van der Waals surface area (Å²) in [6, 6.07) is 7.29. The van der Waals surface area contributed by atoms with Gasteiger partial charge >= 0.3 is 0 Å². The van der Waals surface area contributed by atoms with Crippen LogP contribution in [0.5, 0.6) is 5.75 Å². The second kappa shape index (κ2) is 6.86. The molecule has 2 aromatic rings. The first-order valence-electron chi connectivity index (χ1n) is 8.10.